The molecule has 1 aromatic carbocycles. The van der Waals surface area contributed by atoms with Gasteiger partial charge in [-0.2, -0.15) is 0 Å². The number of thiol groups is 1. The predicted octanol–water partition coefficient (Wildman–Crippen LogP) is 1.86. The Kier molecular flexibility index (Phi) is 3.14. The topological polar surface area (TPSA) is 43.1 Å². The second kappa shape index (κ2) is 4.14. The first-order chi connectivity index (χ1) is 6.16. The SMILES string of the molecule is C/C=C(/C(N)=O)c1ccccc1S. The Morgan fingerprint density at radius 1 is 1.46 bits per heavy atom. The Morgan fingerprint density at radius 2 is 2.08 bits per heavy atom. The Bertz CT molecular complexity index is 358. The van der Waals surface area contributed by atoms with Crippen LogP contribution in [0.25, 0.3) is 5.57 Å². The largest absolute Gasteiger partial charge is 0.366 e. The van der Waals surface area contributed by atoms with Crippen molar-refractivity contribution in [2.45, 2.75) is 11.8 Å². The Morgan fingerprint density at radius 3 is 2.54 bits per heavy atom. The molecule has 0 bridgehead atoms. The predicted molar refractivity (Wildman–Crippen MR) is 56.5 cm³/mol. The van der Waals surface area contributed by atoms with E-state index in [1.54, 1.807) is 13.0 Å². The zero-order valence-electron chi connectivity index (χ0n) is 7.32. The molecule has 0 heterocycles. The zero-order chi connectivity index (χ0) is 9.84. The second-order valence-corrected chi connectivity index (χ2v) is 3.07. The van der Waals surface area contributed by atoms with Gasteiger partial charge in [0.05, 0.1) is 0 Å². The van der Waals surface area contributed by atoms with Crippen LogP contribution in [-0.4, -0.2) is 5.91 Å². The van der Waals surface area contributed by atoms with Crippen LogP contribution in [0.2, 0.25) is 0 Å². The van der Waals surface area contributed by atoms with Gasteiger partial charge in [-0.3, -0.25) is 4.79 Å². The molecule has 68 valence electrons. The summed E-state index contributed by atoms with van der Waals surface area (Å²) in [5, 5.41) is 0. The van der Waals surface area contributed by atoms with Gasteiger partial charge in [0.15, 0.2) is 0 Å². The van der Waals surface area contributed by atoms with Crippen molar-refractivity contribution in [3.63, 3.8) is 0 Å². The van der Waals surface area contributed by atoms with Crippen molar-refractivity contribution >= 4 is 24.1 Å². The van der Waals surface area contributed by atoms with E-state index in [4.69, 9.17) is 5.73 Å². The van der Waals surface area contributed by atoms with Crippen LogP contribution in [0.5, 0.6) is 0 Å². The molecule has 1 rings (SSSR count). The van der Waals surface area contributed by atoms with Crippen LogP contribution in [0.1, 0.15) is 12.5 Å². The monoisotopic (exact) mass is 193 g/mol. The number of nitrogens with two attached hydrogens (primary N) is 1. The van der Waals surface area contributed by atoms with Crippen molar-refractivity contribution in [3.05, 3.63) is 35.9 Å². The number of hydrogen-bond acceptors (Lipinski definition) is 2. The quantitative estimate of drug-likeness (QED) is 0.546. The molecule has 0 saturated heterocycles. The van der Waals surface area contributed by atoms with Crippen molar-refractivity contribution < 1.29 is 4.79 Å². The lowest BCUT2D eigenvalue weighted by atomic mass is 10.1. The fraction of sp³-hybridized carbons (Fsp3) is 0.100. The van der Waals surface area contributed by atoms with Crippen LogP contribution in [0.15, 0.2) is 35.2 Å². The van der Waals surface area contributed by atoms with Crippen molar-refractivity contribution in [2.24, 2.45) is 5.73 Å². The Labute approximate surface area is 82.9 Å². The zero-order valence-corrected chi connectivity index (χ0v) is 8.21. The number of carbonyl (C=O) groups excluding carboxylic acids is 1. The van der Waals surface area contributed by atoms with E-state index in [9.17, 15) is 4.79 Å². The van der Waals surface area contributed by atoms with Gasteiger partial charge in [0.25, 0.3) is 0 Å². The molecule has 0 fully saturated rings. The summed E-state index contributed by atoms with van der Waals surface area (Å²) in [6, 6.07) is 7.36. The standard InChI is InChI=1S/C10H11NOS/c1-2-7(10(11)12)8-5-3-4-6-9(8)13/h2-6,13H,1H3,(H2,11,12)/b7-2+. The van der Waals surface area contributed by atoms with Crippen molar-refractivity contribution in [1.29, 1.82) is 0 Å². The maximum absolute atomic E-state index is 11.0. The second-order valence-electron chi connectivity index (χ2n) is 2.58. The van der Waals surface area contributed by atoms with Crippen LogP contribution >= 0.6 is 12.6 Å². The summed E-state index contributed by atoms with van der Waals surface area (Å²) in [6.45, 7) is 1.78. The van der Waals surface area contributed by atoms with Crippen LogP contribution in [-0.2, 0) is 4.79 Å². The normalized spacial score (nSPS) is 11.4. The van der Waals surface area contributed by atoms with Gasteiger partial charge in [0.1, 0.15) is 0 Å². The molecule has 0 saturated carbocycles. The van der Waals surface area contributed by atoms with Crippen molar-refractivity contribution in [2.75, 3.05) is 0 Å². The number of benzene rings is 1. The van der Waals surface area contributed by atoms with E-state index in [2.05, 4.69) is 12.6 Å². The summed E-state index contributed by atoms with van der Waals surface area (Å²) < 4.78 is 0. The van der Waals surface area contributed by atoms with E-state index in [0.29, 0.717) is 5.57 Å². The van der Waals surface area contributed by atoms with Gasteiger partial charge in [-0.1, -0.05) is 24.3 Å². The van der Waals surface area contributed by atoms with E-state index in [1.807, 2.05) is 24.3 Å². The van der Waals surface area contributed by atoms with Gasteiger partial charge in [-0.15, -0.1) is 12.6 Å². The first kappa shape index (κ1) is 9.86. The Balaban J connectivity index is 3.21. The molecule has 13 heavy (non-hydrogen) atoms. The summed E-state index contributed by atoms with van der Waals surface area (Å²) >= 11 is 4.24. The van der Waals surface area contributed by atoms with E-state index < -0.39 is 5.91 Å². The molecule has 0 spiro atoms. The van der Waals surface area contributed by atoms with Gasteiger partial charge in [0, 0.05) is 16.0 Å². The first-order valence-electron chi connectivity index (χ1n) is 3.91. The molecule has 0 unspecified atom stereocenters. The summed E-state index contributed by atoms with van der Waals surface area (Å²) in [5.41, 5.74) is 6.49. The molecule has 3 heteroatoms. The van der Waals surface area contributed by atoms with E-state index in [1.165, 1.54) is 0 Å². The van der Waals surface area contributed by atoms with E-state index in [0.717, 1.165) is 10.5 Å². The highest BCUT2D eigenvalue weighted by molar-refractivity contribution is 7.80. The van der Waals surface area contributed by atoms with Gasteiger partial charge in [-0.25, -0.2) is 0 Å². The number of allylic oxidation sites excluding steroid dienone is 1. The summed E-state index contributed by atoms with van der Waals surface area (Å²) in [6.07, 6.45) is 1.69. The molecule has 0 aliphatic rings. The maximum atomic E-state index is 11.0. The summed E-state index contributed by atoms with van der Waals surface area (Å²) in [5.74, 6) is -0.427. The lowest BCUT2D eigenvalue weighted by Gasteiger charge is -2.05. The molecule has 1 amide bonds. The first-order valence-corrected chi connectivity index (χ1v) is 4.36. The van der Waals surface area contributed by atoms with Crippen LogP contribution in [0, 0.1) is 0 Å². The highest BCUT2D eigenvalue weighted by Crippen LogP contribution is 2.21. The molecule has 2 N–H and O–H groups in total. The average molecular weight is 193 g/mol. The number of rotatable bonds is 2. The minimum Gasteiger partial charge on any atom is -0.366 e. The molecule has 0 aliphatic heterocycles. The lowest BCUT2D eigenvalue weighted by molar-refractivity contribution is -0.112. The summed E-state index contributed by atoms with van der Waals surface area (Å²) in [4.78, 5) is 11.8. The van der Waals surface area contributed by atoms with E-state index >= 15 is 0 Å². The fourth-order valence-corrected chi connectivity index (χ4v) is 1.41. The molecule has 0 atom stereocenters. The van der Waals surface area contributed by atoms with Crippen LogP contribution in [0.3, 0.4) is 0 Å². The highest BCUT2D eigenvalue weighted by atomic mass is 32.1. The lowest BCUT2D eigenvalue weighted by Crippen LogP contribution is -2.13. The molecule has 2 nitrogen and oxygen atoms in total. The van der Waals surface area contributed by atoms with E-state index in [-0.39, 0.29) is 0 Å². The Hall–Kier alpha value is -1.22. The molecule has 0 aromatic heterocycles. The third-order valence-electron chi connectivity index (χ3n) is 1.75. The number of hydrogen-bond donors (Lipinski definition) is 2. The summed E-state index contributed by atoms with van der Waals surface area (Å²) in [7, 11) is 0. The number of carbonyl (C=O) groups is 1. The third-order valence-corrected chi connectivity index (χ3v) is 2.14. The third kappa shape index (κ3) is 2.12. The van der Waals surface area contributed by atoms with Gasteiger partial charge in [-0.05, 0) is 13.0 Å². The fourth-order valence-electron chi connectivity index (χ4n) is 1.13. The smallest absolute Gasteiger partial charge is 0.249 e. The molecule has 0 aliphatic carbocycles. The molecule has 1 aromatic rings. The van der Waals surface area contributed by atoms with Crippen molar-refractivity contribution in [3.8, 4) is 0 Å². The molecular formula is C10H11NOS. The van der Waals surface area contributed by atoms with Crippen LogP contribution in [0.4, 0.5) is 0 Å². The minimum atomic E-state index is -0.427. The molecule has 0 radical (unpaired) electrons. The average Bonchev–Trinajstić information content (AvgIpc) is 2.09. The van der Waals surface area contributed by atoms with Crippen molar-refractivity contribution in [1.82, 2.24) is 0 Å². The number of primary amides is 1. The van der Waals surface area contributed by atoms with Crippen LogP contribution < -0.4 is 5.73 Å². The highest BCUT2D eigenvalue weighted by Gasteiger charge is 2.08. The van der Waals surface area contributed by atoms with Gasteiger partial charge >= 0.3 is 0 Å². The minimum absolute atomic E-state index is 0.427. The maximum Gasteiger partial charge on any atom is 0.249 e. The van der Waals surface area contributed by atoms with Gasteiger partial charge in [0.2, 0.25) is 5.91 Å². The van der Waals surface area contributed by atoms with Gasteiger partial charge < -0.3 is 5.73 Å². The molecular weight excluding hydrogens is 182 g/mol. The number of amides is 1.